The summed E-state index contributed by atoms with van der Waals surface area (Å²) in [5.41, 5.74) is -1.31. The number of rotatable bonds is 0. The van der Waals surface area contributed by atoms with Gasteiger partial charge in [-0.25, -0.2) is 0 Å². The van der Waals surface area contributed by atoms with Gasteiger partial charge in [-0.3, -0.25) is 0 Å². The molecule has 26 heavy (non-hydrogen) atoms. The van der Waals surface area contributed by atoms with Crippen molar-refractivity contribution in [1.29, 1.82) is 0 Å². The number of benzene rings is 2. The van der Waals surface area contributed by atoms with Gasteiger partial charge in [0.05, 0.1) is 26.3 Å². The van der Waals surface area contributed by atoms with Crippen molar-refractivity contribution >= 4 is 42.8 Å². The third-order valence-electron chi connectivity index (χ3n) is 3.15. The molecule has 10 heteroatoms. The lowest BCUT2D eigenvalue weighted by atomic mass is 10.1. The van der Waals surface area contributed by atoms with Crippen LogP contribution in [0.15, 0.2) is 56.0 Å². The highest BCUT2D eigenvalue weighted by Gasteiger charge is 2.33. The number of furan rings is 1. The number of hydrogen-bond acceptors (Lipinski definition) is 2. The molecular weight excluding hydrogens is 498 g/mol. The van der Waals surface area contributed by atoms with E-state index in [-0.39, 0.29) is 15.4 Å². The Balaban J connectivity index is 0.000000190. The molecule has 0 spiro atoms. The van der Waals surface area contributed by atoms with Crippen LogP contribution < -0.4 is 0 Å². The van der Waals surface area contributed by atoms with E-state index >= 15 is 0 Å². The van der Waals surface area contributed by atoms with Crippen LogP contribution in [-0.2, 0) is 12.4 Å². The fourth-order valence-electron chi connectivity index (χ4n) is 1.96. The molecule has 140 valence electrons. The van der Waals surface area contributed by atoms with E-state index < -0.39 is 29.2 Å². The van der Waals surface area contributed by atoms with Gasteiger partial charge in [0.1, 0.15) is 11.3 Å². The number of phenolic OH excluding ortho intramolecular Hbond substituents is 1. The van der Waals surface area contributed by atoms with E-state index in [0.717, 1.165) is 18.2 Å². The molecule has 2 aromatic carbocycles. The summed E-state index contributed by atoms with van der Waals surface area (Å²) in [6.07, 6.45) is -7.51. The Labute approximate surface area is 159 Å². The van der Waals surface area contributed by atoms with Crippen molar-refractivity contribution in [3.05, 3.63) is 62.7 Å². The largest absolute Gasteiger partial charge is 0.507 e. The van der Waals surface area contributed by atoms with Crippen LogP contribution in [0.3, 0.4) is 0 Å². The van der Waals surface area contributed by atoms with Crippen molar-refractivity contribution in [2.24, 2.45) is 0 Å². The first-order valence-corrected chi connectivity index (χ1v) is 8.28. The normalized spacial score (nSPS) is 12.0. The second-order valence-corrected chi connectivity index (χ2v) is 6.63. The highest BCUT2D eigenvalue weighted by atomic mass is 79.9. The summed E-state index contributed by atoms with van der Waals surface area (Å²) in [7, 11) is 0. The monoisotopic (exact) mass is 504 g/mol. The Morgan fingerprint density at radius 3 is 1.96 bits per heavy atom. The van der Waals surface area contributed by atoms with E-state index in [1.165, 1.54) is 18.4 Å². The molecule has 0 radical (unpaired) electrons. The summed E-state index contributed by atoms with van der Waals surface area (Å²) in [5, 5.41) is 8.99. The summed E-state index contributed by atoms with van der Waals surface area (Å²) < 4.78 is 79.0. The van der Waals surface area contributed by atoms with Crippen molar-refractivity contribution < 1.29 is 35.9 Å². The number of alkyl halides is 6. The number of aromatic hydroxyl groups is 1. The van der Waals surface area contributed by atoms with Gasteiger partial charge >= 0.3 is 12.4 Å². The van der Waals surface area contributed by atoms with Crippen LogP contribution in [0.1, 0.15) is 11.1 Å². The molecule has 3 rings (SSSR count). The van der Waals surface area contributed by atoms with Gasteiger partial charge in [0.15, 0.2) is 0 Å². The molecule has 0 aliphatic carbocycles. The van der Waals surface area contributed by atoms with Crippen molar-refractivity contribution in [2.75, 3.05) is 0 Å². The van der Waals surface area contributed by atoms with Crippen LogP contribution in [0.2, 0.25) is 0 Å². The van der Waals surface area contributed by atoms with Crippen LogP contribution in [0.5, 0.6) is 5.75 Å². The van der Waals surface area contributed by atoms with E-state index in [9.17, 15) is 26.3 Å². The molecule has 0 saturated carbocycles. The highest BCUT2D eigenvalue weighted by molar-refractivity contribution is 9.11. The topological polar surface area (TPSA) is 33.4 Å². The Kier molecular flexibility index (Phi) is 5.96. The van der Waals surface area contributed by atoms with E-state index in [4.69, 9.17) is 9.52 Å². The number of hydrogen-bond donors (Lipinski definition) is 1. The lowest BCUT2D eigenvalue weighted by Crippen LogP contribution is -2.04. The second-order valence-electron chi connectivity index (χ2n) is 4.92. The Morgan fingerprint density at radius 1 is 0.808 bits per heavy atom. The third-order valence-corrected chi connectivity index (χ3v) is 4.44. The highest BCUT2D eigenvalue weighted by Crippen LogP contribution is 2.38. The second kappa shape index (κ2) is 7.51. The van der Waals surface area contributed by atoms with E-state index in [1.807, 2.05) is 0 Å². The first-order valence-electron chi connectivity index (χ1n) is 6.70. The molecule has 0 saturated heterocycles. The summed E-state index contributed by atoms with van der Waals surface area (Å²) in [6, 6.07) is 6.38. The Morgan fingerprint density at radius 2 is 1.42 bits per heavy atom. The zero-order chi connectivity index (χ0) is 19.7. The Hall–Kier alpha value is -1.68. The maximum atomic E-state index is 12.5. The average molecular weight is 506 g/mol. The van der Waals surface area contributed by atoms with Gasteiger partial charge in [0.2, 0.25) is 0 Å². The quantitative estimate of drug-likeness (QED) is 0.323. The molecule has 0 aliphatic rings. The molecule has 0 unspecified atom stereocenters. The first kappa shape index (κ1) is 20.6. The fourth-order valence-corrected chi connectivity index (χ4v) is 2.65. The molecule has 1 N–H and O–H groups in total. The lowest BCUT2D eigenvalue weighted by molar-refractivity contribution is -0.138. The summed E-state index contributed by atoms with van der Waals surface area (Å²) >= 11 is 5.99. The number of halogens is 8. The minimum Gasteiger partial charge on any atom is -0.507 e. The number of fused-ring (bicyclic) bond motifs is 1. The standard InChI is InChI=1S/C9H4BrF3O.C7H4BrF3O/c10-7-2-1-6(9(11,12)13)5-3-4-14-8(5)7;8-5-2-1-4(3-6(5)12)7(9,10)11/h1-4H;1-3,12H. The average Bonchev–Trinajstić information content (AvgIpc) is 2.99. The van der Waals surface area contributed by atoms with Gasteiger partial charge in [-0.2, -0.15) is 26.3 Å². The smallest absolute Gasteiger partial charge is 0.417 e. The van der Waals surface area contributed by atoms with Crippen LogP contribution in [0.25, 0.3) is 11.0 Å². The minimum atomic E-state index is -4.40. The van der Waals surface area contributed by atoms with Crippen LogP contribution in [-0.4, -0.2) is 5.11 Å². The van der Waals surface area contributed by atoms with Gasteiger partial charge in [-0.05, 0) is 68.3 Å². The fraction of sp³-hybridized carbons (Fsp3) is 0.125. The SMILES string of the molecule is FC(F)(F)c1ccc(Br)c2occc12.Oc1cc(C(F)(F)F)ccc1Br. The van der Waals surface area contributed by atoms with E-state index in [1.54, 1.807) is 0 Å². The predicted octanol–water partition coefficient (Wildman–Crippen LogP) is 7.39. The molecule has 0 atom stereocenters. The first-order chi connectivity index (χ1) is 11.9. The lowest BCUT2D eigenvalue weighted by Gasteiger charge is -2.07. The molecule has 0 bridgehead atoms. The molecule has 1 aromatic heterocycles. The summed E-state index contributed by atoms with van der Waals surface area (Å²) in [6.45, 7) is 0. The van der Waals surface area contributed by atoms with Gasteiger partial charge in [0, 0.05) is 5.39 Å². The molecule has 0 aliphatic heterocycles. The Bertz CT molecular complexity index is 915. The zero-order valence-corrected chi connectivity index (χ0v) is 15.6. The third kappa shape index (κ3) is 4.73. The molecule has 3 aromatic rings. The summed E-state index contributed by atoms with van der Waals surface area (Å²) in [5.74, 6) is -0.412. The maximum Gasteiger partial charge on any atom is 0.417 e. The predicted molar refractivity (Wildman–Crippen MR) is 89.7 cm³/mol. The van der Waals surface area contributed by atoms with Crippen LogP contribution in [0.4, 0.5) is 26.3 Å². The van der Waals surface area contributed by atoms with E-state index in [0.29, 0.717) is 10.5 Å². The molecule has 1 heterocycles. The summed E-state index contributed by atoms with van der Waals surface area (Å²) in [4.78, 5) is 0. The van der Waals surface area contributed by atoms with Crippen molar-refractivity contribution in [3.63, 3.8) is 0 Å². The van der Waals surface area contributed by atoms with Crippen molar-refractivity contribution in [1.82, 2.24) is 0 Å². The van der Waals surface area contributed by atoms with Crippen molar-refractivity contribution in [3.8, 4) is 5.75 Å². The van der Waals surface area contributed by atoms with Gasteiger partial charge in [-0.1, -0.05) is 0 Å². The molecular formula is C16H8Br2F6O2. The molecule has 0 fully saturated rings. The van der Waals surface area contributed by atoms with Gasteiger partial charge in [0.25, 0.3) is 0 Å². The van der Waals surface area contributed by atoms with E-state index in [2.05, 4.69) is 31.9 Å². The van der Waals surface area contributed by atoms with Crippen LogP contribution >= 0.6 is 31.9 Å². The van der Waals surface area contributed by atoms with Gasteiger partial charge in [-0.15, -0.1) is 0 Å². The zero-order valence-electron chi connectivity index (χ0n) is 12.4. The molecule has 0 amide bonds. The molecule has 2 nitrogen and oxygen atoms in total. The van der Waals surface area contributed by atoms with Crippen LogP contribution in [0, 0.1) is 0 Å². The van der Waals surface area contributed by atoms with Crippen molar-refractivity contribution in [2.45, 2.75) is 12.4 Å². The minimum absolute atomic E-state index is 0.0758. The maximum absolute atomic E-state index is 12.5. The number of phenols is 1. The van der Waals surface area contributed by atoms with Gasteiger partial charge < -0.3 is 9.52 Å².